The lowest BCUT2D eigenvalue weighted by Gasteiger charge is -1.94. The summed E-state index contributed by atoms with van der Waals surface area (Å²) in [4.78, 5) is 0. The average Bonchev–Trinajstić information content (AvgIpc) is 2.15. The number of hydrogen-bond acceptors (Lipinski definition) is 1. The van der Waals surface area contributed by atoms with Crippen LogP contribution in [0.2, 0.25) is 5.02 Å². The molecule has 0 aliphatic heterocycles. The standard InChI is InChI=1S/C11H11ClO/c12-11-8-4-3-7-10(11)6-2-1-5-9-13/h1-8,13H,9H2/b5-1+,6-2+. The van der Waals surface area contributed by atoms with Crippen molar-refractivity contribution in [2.75, 3.05) is 6.61 Å². The highest BCUT2D eigenvalue weighted by atomic mass is 35.5. The van der Waals surface area contributed by atoms with Gasteiger partial charge in [-0.2, -0.15) is 0 Å². The third-order valence-corrected chi connectivity index (χ3v) is 1.88. The Morgan fingerprint density at radius 3 is 2.69 bits per heavy atom. The number of hydrogen-bond donors (Lipinski definition) is 1. The minimum absolute atomic E-state index is 0.0624. The van der Waals surface area contributed by atoms with Crippen LogP contribution in [0.4, 0.5) is 0 Å². The van der Waals surface area contributed by atoms with Crippen LogP contribution in [-0.2, 0) is 0 Å². The topological polar surface area (TPSA) is 20.2 Å². The van der Waals surface area contributed by atoms with E-state index in [1.54, 1.807) is 12.2 Å². The zero-order valence-electron chi connectivity index (χ0n) is 7.15. The predicted molar refractivity (Wildman–Crippen MR) is 56.7 cm³/mol. The molecule has 0 spiro atoms. The number of halogens is 1. The van der Waals surface area contributed by atoms with Crippen LogP contribution < -0.4 is 0 Å². The fraction of sp³-hybridized carbons (Fsp3) is 0.0909. The lowest BCUT2D eigenvalue weighted by Crippen LogP contribution is -1.72. The van der Waals surface area contributed by atoms with E-state index < -0.39 is 0 Å². The molecule has 0 radical (unpaired) electrons. The third kappa shape index (κ3) is 3.45. The number of benzene rings is 1. The molecule has 1 rings (SSSR count). The third-order valence-electron chi connectivity index (χ3n) is 1.53. The molecule has 0 atom stereocenters. The maximum Gasteiger partial charge on any atom is 0.0615 e. The van der Waals surface area contributed by atoms with E-state index in [2.05, 4.69) is 0 Å². The van der Waals surface area contributed by atoms with Crippen LogP contribution in [0.15, 0.2) is 42.5 Å². The van der Waals surface area contributed by atoms with Gasteiger partial charge >= 0.3 is 0 Å². The van der Waals surface area contributed by atoms with Gasteiger partial charge in [0.25, 0.3) is 0 Å². The van der Waals surface area contributed by atoms with Crippen molar-refractivity contribution < 1.29 is 5.11 Å². The molecule has 1 aromatic rings. The van der Waals surface area contributed by atoms with Gasteiger partial charge in [0.05, 0.1) is 6.61 Å². The highest BCUT2D eigenvalue weighted by Gasteiger charge is 1.90. The molecule has 0 saturated carbocycles. The Morgan fingerprint density at radius 1 is 1.23 bits per heavy atom. The van der Waals surface area contributed by atoms with Crippen molar-refractivity contribution in [1.29, 1.82) is 0 Å². The largest absolute Gasteiger partial charge is 0.392 e. The van der Waals surface area contributed by atoms with Crippen molar-refractivity contribution >= 4 is 17.7 Å². The second-order valence-electron chi connectivity index (χ2n) is 2.49. The minimum Gasteiger partial charge on any atom is -0.392 e. The van der Waals surface area contributed by atoms with E-state index in [0.29, 0.717) is 0 Å². The van der Waals surface area contributed by atoms with E-state index in [4.69, 9.17) is 16.7 Å². The van der Waals surface area contributed by atoms with Crippen LogP contribution in [0, 0.1) is 0 Å². The molecular weight excluding hydrogens is 184 g/mol. The highest BCUT2D eigenvalue weighted by Crippen LogP contribution is 2.15. The molecule has 0 amide bonds. The van der Waals surface area contributed by atoms with E-state index in [-0.39, 0.29) is 6.61 Å². The maximum absolute atomic E-state index is 8.47. The first kappa shape index (κ1) is 10.0. The number of aliphatic hydroxyl groups is 1. The van der Waals surface area contributed by atoms with Crippen LogP contribution in [0.5, 0.6) is 0 Å². The molecular formula is C11H11ClO. The fourth-order valence-corrected chi connectivity index (χ4v) is 1.11. The van der Waals surface area contributed by atoms with Crippen LogP contribution in [0.3, 0.4) is 0 Å². The summed E-state index contributed by atoms with van der Waals surface area (Å²) >= 11 is 5.91. The Hall–Kier alpha value is -1.05. The Balaban J connectivity index is 2.68. The average molecular weight is 195 g/mol. The van der Waals surface area contributed by atoms with E-state index in [0.717, 1.165) is 10.6 Å². The quantitative estimate of drug-likeness (QED) is 0.734. The van der Waals surface area contributed by atoms with Gasteiger partial charge < -0.3 is 5.11 Å². The lowest BCUT2D eigenvalue weighted by molar-refractivity contribution is 0.343. The summed E-state index contributed by atoms with van der Waals surface area (Å²) in [6.07, 6.45) is 7.18. The van der Waals surface area contributed by atoms with Crippen LogP contribution in [-0.4, -0.2) is 11.7 Å². The van der Waals surface area contributed by atoms with Crippen molar-refractivity contribution in [3.63, 3.8) is 0 Å². The fourth-order valence-electron chi connectivity index (χ4n) is 0.909. The van der Waals surface area contributed by atoms with Gasteiger partial charge in [0.1, 0.15) is 0 Å². The van der Waals surface area contributed by atoms with Crippen molar-refractivity contribution in [3.05, 3.63) is 53.1 Å². The first-order chi connectivity index (χ1) is 6.34. The second-order valence-corrected chi connectivity index (χ2v) is 2.90. The zero-order chi connectivity index (χ0) is 9.52. The summed E-state index contributed by atoms with van der Waals surface area (Å²) in [5.41, 5.74) is 0.978. The molecule has 1 nitrogen and oxygen atoms in total. The molecule has 0 fully saturated rings. The van der Waals surface area contributed by atoms with Crippen molar-refractivity contribution in [1.82, 2.24) is 0 Å². The Kier molecular flexibility index (Phi) is 4.30. The van der Waals surface area contributed by atoms with Crippen molar-refractivity contribution in [3.8, 4) is 0 Å². The smallest absolute Gasteiger partial charge is 0.0615 e. The maximum atomic E-state index is 8.47. The summed E-state index contributed by atoms with van der Waals surface area (Å²) in [7, 11) is 0. The first-order valence-electron chi connectivity index (χ1n) is 4.03. The molecule has 0 saturated heterocycles. The van der Waals surface area contributed by atoms with Crippen LogP contribution >= 0.6 is 11.6 Å². The molecule has 13 heavy (non-hydrogen) atoms. The summed E-state index contributed by atoms with van der Waals surface area (Å²) in [5, 5.41) is 9.20. The van der Waals surface area contributed by atoms with Gasteiger partial charge in [0, 0.05) is 5.02 Å². The van der Waals surface area contributed by atoms with Crippen molar-refractivity contribution in [2.24, 2.45) is 0 Å². The van der Waals surface area contributed by atoms with Gasteiger partial charge in [-0.25, -0.2) is 0 Å². The minimum atomic E-state index is 0.0624. The van der Waals surface area contributed by atoms with Gasteiger partial charge in [-0.3, -0.25) is 0 Å². The molecule has 68 valence electrons. The molecule has 0 aliphatic rings. The van der Waals surface area contributed by atoms with Crippen LogP contribution in [0.1, 0.15) is 5.56 Å². The summed E-state index contributed by atoms with van der Waals surface area (Å²) in [6, 6.07) is 7.60. The molecule has 0 unspecified atom stereocenters. The summed E-state index contributed by atoms with van der Waals surface area (Å²) in [6.45, 7) is 0.0624. The zero-order valence-corrected chi connectivity index (χ0v) is 7.91. The number of rotatable bonds is 3. The molecule has 1 aromatic carbocycles. The van der Waals surface area contributed by atoms with Gasteiger partial charge in [-0.1, -0.05) is 54.1 Å². The van der Waals surface area contributed by atoms with E-state index in [1.165, 1.54) is 0 Å². The molecule has 0 bridgehead atoms. The second kappa shape index (κ2) is 5.57. The lowest BCUT2D eigenvalue weighted by atomic mass is 10.2. The molecule has 1 N–H and O–H groups in total. The Bertz CT molecular complexity index is 316. The molecule has 0 aromatic heterocycles. The summed E-state index contributed by atoms with van der Waals surface area (Å²) in [5.74, 6) is 0. The van der Waals surface area contributed by atoms with Crippen molar-refractivity contribution in [2.45, 2.75) is 0 Å². The predicted octanol–water partition coefficient (Wildman–Crippen LogP) is 2.90. The molecule has 2 heteroatoms. The van der Waals surface area contributed by atoms with Gasteiger partial charge in [0.15, 0.2) is 0 Å². The normalized spacial score (nSPS) is 11.5. The number of aliphatic hydroxyl groups excluding tert-OH is 1. The monoisotopic (exact) mass is 194 g/mol. The Labute approximate surface area is 83.0 Å². The Morgan fingerprint density at radius 2 is 2.00 bits per heavy atom. The van der Waals surface area contributed by atoms with E-state index >= 15 is 0 Å². The van der Waals surface area contributed by atoms with Gasteiger partial charge in [0.2, 0.25) is 0 Å². The van der Waals surface area contributed by atoms with E-state index in [9.17, 15) is 0 Å². The highest BCUT2D eigenvalue weighted by molar-refractivity contribution is 6.32. The van der Waals surface area contributed by atoms with Gasteiger partial charge in [-0.05, 0) is 11.6 Å². The van der Waals surface area contributed by atoms with E-state index in [1.807, 2.05) is 36.4 Å². The first-order valence-corrected chi connectivity index (χ1v) is 4.41. The molecule has 0 heterocycles. The van der Waals surface area contributed by atoms with Gasteiger partial charge in [-0.15, -0.1) is 0 Å². The SMILES string of the molecule is OC/C=C/C=C/c1ccccc1Cl. The number of allylic oxidation sites excluding steroid dienone is 2. The molecule has 0 aliphatic carbocycles. The summed E-state index contributed by atoms with van der Waals surface area (Å²) < 4.78 is 0. The van der Waals surface area contributed by atoms with Crippen LogP contribution in [0.25, 0.3) is 6.08 Å².